The molecule has 108 valence electrons. The molecular formula is C13H16ClN3O2S. The Bertz CT molecular complexity index is 604. The van der Waals surface area contributed by atoms with Crippen LogP contribution in [0.4, 0.5) is 0 Å². The number of nitrogens with zero attached hydrogens (tertiary/aromatic N) is 3. The molecular weight excluding hydrogens is 298 g/mol. The second-order valence-corrected chi connectivity index (χ2v) is 6.90. The van der Waals surface area contributed by atoms with Crippen molar-refractivity contribution in [3.63, 3.8) is 0 Å². The van der Waals surface area contributed by atoms with Gasteiger partial charge in [-0.05, 0) is 12.1 Å². The van der Waals surface area contributed by atoms with E-state index >= 15 is 0 Å². The zero-order valence-electron chi connectivity index (χ0n) is 11.0. The van der Waals surface area contributed by atoms with Crippen LogP contribution in [0.3, 0.4) is 0 Å². The van der Waals surface area contributed by atoms with Crippen molar-refractivity contribution >= 4 is 21.6 Å². The fraction of sp³-hybridized carbons (Fsp3) is 0.462. The van der Waals surface area contributed by atoms with Gasteiger partial charge in [-0.3, -0.25) is 4.90 Å². The molecule has 1 heterocycles. The highest BCUT2D eigenvalue weighted by Gasteiger charge is 2.29. The van der Waals surface area contributed by atoms with Gasteiger partial charge in [-0.25, -0.2) is 8.42 Å². The van der Waals surface area contributed by atoms with Crippen molar-refractivity contribution in [1.82, 2.24) is 9.21 Å². The van der Waals surface area contributed by atoms with E-state index in [1.165, 1.54) is 10.4 Å². The minimum Gasteiger partial charge on any atom is -0.300 e. The zero-order chi connectivity index (χ0) is 14.6. The number of hydrogen-bond donors (Lipinski definition) is 0. The number of benzene rings is 1. The second kappa shape index (κ2) is 6.55. The Morgan fingerprint density at radius 2 is 1.85 bits per heavy atom. The zero-order valence-corrected chi connectivity index (χ0v) is 12.6. The SMILES string of the molecule is N#CCCN1CCN(S(=O)(=O)c2ccccc2Cl)CC1. The first-order valence-electron chi connectivity index (χ1n) is 6.39. The summed E-state index contributed by atoms with van der Waals surface area (Å²) in [4.78, 5) is 2.26. The van der Waals surface area contributed by atoms with Crippen LogP contribution in [-0.4, -0.2) is 50.3 Å². The largest absolute Gasteiger partial charge is 0.300 e. The summed E-state index contributed by atoms with van der Waals surface area (Å²) < 4.78 is 26.5. The Balaban J connectivity index is 2.07. The van der Waals surface area contributed by atoms with Crippen molar-refractivity contribution in [2.75, 3.05) is 32.7 Å². The van der Waals surface area contributed by atoms with E-state index in [0.717, 1.165) is 0 Å². The molecule has 1 aliphatic rings. The number of rotatable bonds is 4. The van der Waals surface area contributed by atoms with Crippen LogP contribution in [0.2, 0.25) is 5.02 Å². The summed E-state index contributed by atoms with van der Waals surface area (Å²) in [5, 5.41) is 8.81. The molecule has 20 heavy (non-hydrogen) atoms. The fourth-order valence-corrected chi connectivity index (χ4v) is 4.11. The van der Waals surface area contributed by atoms with Gasteiger partial charge in [-0.15, -0.1) is 0 Å². The van der Waals surface area contributed by atoms with Crippen molar-refractivity contribution in [2.45, 2.75) is 11.3 Å². The van der Waals surface area contributed by atoms with Crippen LogP contribution >= 0.6 is 11.6 Å². The number of halogens is 1. The Labute approximate surface area is 124 Å². The van der Waals surface area contributed by atoms with Crippen molar-refractivity contribution < 1.29 is 8.42 Å². The highest BCUT2D eigenvalue weighted by molar-refractivity contribution is 7.89. The van der Waals surface area contributed by atoms with Crippen LogP contribution in [0.15, 0.2) is 29.2 Å². The van der Waals surface area contributed by atoms with Gasteiger partial charge in [0.05, 0.1) is 11.1 Å². The molecule has 0 aromatic heterocycles. The molecule has 5 nitrogen and oxygen atoms in total. The molecule has 1 aromatic carbocycles. The van der Waals surface area contributed by atoms with Crippen LogP contribution in [-0.2, 0) is 10.0 Å². The molecule has 0 N–H and O–H groups in total. The van der Waals surface area contributed by atoms with Crippen molar-refractivity contribution in [2.24, 2.45) is 0 Å². The van der Waals surface area contributed by atoms with Crippen LogP contribution in [0.25, 0.3) is 0 Å². The van der Waals surface area contributed by atoms with E-state index in [1.807, 2.05) is 0 Å². The predicted octanol–water partition coefficient (Wildman–Crippen LogP) is 1.56. The molecule has 0 radical (unpaired) electrons. The van der Waals surface area contributed by atoms with Gasteiger partial charge in [0.15, 0.2) is 0 Å². The van der Waals surface area contributed by atoms with E-state index in [-0.39, 0.29) is 9.92 Å². The lowest BCUT2D eigenvalue weighted by Gasteiger charge is -2.33. The van der Waals surface area contributed by atoms with Gasteiger partial charge in [0.2, 0.25) is 10.0 Å². The van der Waals surface area contributed by atoms with E-state index < -0.39 is 10.0 Å². The number of piperazine rings is 1. The number of nitriles is 1. The molecule has 0 saturated carbocycles. The molecule has 0 aliphatic carbocycles. The first-order chi connectivity index (χ1) is 9.55. The number of sulfonamides is 1. The van der Waals surface area contributed by atoms with Gasteiger partial charge < -0.3 is 0 Å². The quantitative estimate of drug-likeness (QED) is 0.846. The molecule has 1 aliphatic heterocycles. The van der Waals surface area contributed by atoms with Gasteiger partial charge in [0.1, 0.15) is 4.90 Å². The Morgan fingerprint density at radius 1 is 1.20 bits per heavy atom. The number of hydrogen-bond acceptors (Lipinski definition) is 4. The summed E-state index contributed by atoms with van der Waals surface area (Å²) in [5.41, 5.74) is 0. The van der Waals surface area contributed by atoms with Gasteiger partial charge in [0.25, 0.3) is 0 Å². The maximum atomic E-state index is 12.5. The lowest BCUT2D eigenvalue weighted by atomic mass is 10.3. The summed E-state index contributed by atoms with van der Waals surface area (Å²) in [6, 6.07) is 8.59. The van der Waals surface area contributed by atoms with Crippen LogP contribution in [0.1, 0.15) is 6.42 Å². The molecule has 0 atom stereocenters. The minimum absolute atomic E-state index is 0.159. The molecule has 0 spiro atoms. The second-order valence-electron chi connectivity index (χ2n) is 4.58. The molecule has 0 amide bonds. The van der Waals surface area contributed by atoms with Gasteiger partial charge >= 0.3 is 0 Å². The minimum atomic E-state index is -3.53. The van der Waals surface area contributed by atoms with Gasteiger partial charge in [-0.2, -0.15) is 9.57 Å². The van der Waals surface area contributed by atoms with Gasteiger partial charge in [-0.1, -0.05) is 23.7 Å². The molecule has 2 rings (SSSR count). The van der Waals surface area contributed by atoms with Crippen molar-refractivity contribution in [3.8, 4) is 6.07 Å². The van der Waals surface area contributed by atoms with E-state index in [1.54, 1.807) is 18.2 Å². The van der Waals surface area contributed by atoms with Crippen molar-refractivity contribution in [1.29, 1.82) is 5.26 Å². The molecule has 7 heteroatoms. The lowest BCUT2D eigenvalue weighted by molar-refractivity contribution is 0.191. The summed E-state index contributed by atoms with van der Waals surface area (Å²) in [7, 11) is -3.53. The Hall–Kier alpha value is -1.13. The van der Waals surface area contributed by atoms with E-state index in [9.17, 15) is 8.42 Å². The van der Waals surface area contributed by atoms with Crippen LogP contribution < -0.4 is 0 Å². The first kappa shape index (κ1) is 15.3. The smallest absolute Gasteiger partial charge is 0.244 e. The third kappa shape index (κ3) is 3.30. The summed E-state index contributed by atoms with van der Waals surface area (Å²) >= 11 is 5.97. The maximum Gasteiger partial charge on any atom is 0.244 e. The molecule has 0 bridgehead atoms. The van der Waals surface area contributed by atoms with Crippen LogP contribution in [0.5, 0.6) is 0 Å². The van der Waals surface area contributed by atoms with Crippen molar-refractivity contribution in [3.05, 3.63) is 29.3 Å². The van der Waals surface area contributed by atoms with Gasteiger partial charge in [0, 0.05) is 39.1 Å². The third-order valence-corrected chi connectivity index (χ3v) is 5.72. The molecule has 1 saturated heterocycles. The summed E-state index contributed by atoms with van der Waals surface area (Å²) in [5.74, 6) is 0. The fourth-order valence-electron chi connectivity index (χ4n) is 2.19. The standard InChI is InChI=1S/C13H16ClN3O2S/c14-12-4-1-2-5-13(12)20(18,19)17-10-8-16(9-11-17)7-3-6-15/h1-2,4-5H,3,7-11H2. The normalized spacial score (nSPS) is 17.8. The molecule has 0 unspecified atom stereocenters. The summed E-state index contributed by atoms with van der Waals surface area (Å²) in [6.45, 7) is 2.84. The average Bonchev–Trinajstić information content (AvgIpc) is 2.46. The highest BCUT2D eigenvalue weighted by atomic mass is 35.5. The van der Waals surface area contributed by atoms with E-state index in [0.29, 0.717) is 39.1 Å². The monoisotopic (exact) mass is 313 g/mol. The Kier molecular flexibility index (Phi) is 5.00. The Morgan fingerprint density at radius 3 is 2.45 bits per heavy atom. The molecule has 1 fully saturated rings. The lowest BCUT2D eigenvalue weighted by Crippen LogP contribution is -2.48. The third-order valence-electron chi connectivity index (χ3n) is 3.33. The average molecular weight is 314 g/mol. The highest BCUT2D eigenvalue weighted by Crippen LogP contribution is 2.24. The maximum absolute atomic E-state index is 12.5. The van der Waals surface area contributed by atoms with Crippen LogP contribution in [0, 0.1) is 11.3 Å². The summed E-state index contributed by atoms with van der Waals surface area (Å²) in [6.07, 6.45) is 0.470. The first-order valence-corrected chi connectivity index (χ1v) is 8.21. The predicted molar refractivity (Wildman–Crippen MR) is 76.9 cm³/mol. The topological polar surface area (TPSA) is 64.4 Å². The van der Waals surface area contributed by atoms with E-state index in [2.05, 4.69) is 11.0 Å². The molecule has 1 aromatic rings. The van der Waals surface area contributed by atoms with E-state index in [4.69, 9.17) is 16.9 Å².